The molecule has 1 aliphatic rings. The molecule has 0 unspecified atom stereocenters. The van der Waals surface area contributed by atoms with Crippen molar-refractivity contribution in [3.63, 3.8) is 0 Å². The van der Waals surface area contributed by atoms with Crippen LogP contribution in [-0.2, 0) is 0 Å². The van der Waals surface area contributed by atoms with E-state index in [4.69, 9.17) is 11.4 Å². The molecular weight excluding hydrogens is 376 g/mol. The lowest BCUT2D eigenvalue weighted by Gasteiger charge is -2.17. The molecule has 0 aromatic carbocycles. The fourth-order valence-corrected chi connectivity index (χ4v) is 3.34. The second-order valence-electron chi connectivity index (χ2n) is 7.93. The predicted octanol–water partition coefficient (Wildman–Crippen LogP) is 7.74. The summed E-state index contributed by atoms with van der Waals surface area (Å²) in [6.45, 7) is 20.8. The number of hydrogen-bond donors (Lipinski definition) is 1. The fourth-order valence-electron chi connectivity index (χ4n) is 3.34. The van der Waals surface area contributed by atoms with Gasteiger partial charge in [-0.25, -0.2) is 0 Å². The molecule has 0 atom stereocenters. The van der Waals surface area contributed by atoms with Crippen molar-refractivity contribution in [2.45, 2.75) is 59.8 Å². The van der Waals surface area contributed by atoms with Crippen molar-refractivity contribution < 1.29 is 0 Å². The molecule has 1 fully saturated rings. The normalized spacial score (nSPS) is 16.7. The average molecular weight is 415 g/mol. The number of nitrogens with zero attached hydrogens (tertiary/aromatic N) is 1. The van der Waals surface area contributed by atoms with Crippen LogP contribution in [0.5, 0.6) is 0 Å². The summed E-state index contributed by atoms with van der Waals surface area (Å²) in [5.74, 6) is 3.06. The SMILES string of the molecule is C#C/C=C\C=C/C/C(N=C(C)C(=C)NC(=C)/C=C\C(C)=C/C)=C(\C)C(=C)C1CCCC1. The molecule has 1 saturated carbocycles. The van der Waals surface area contributed by atoms with Crippen LogP contribution in [0.25, 0.3) is 0 Å². The Morgan fingerprint density at radius 3 is 2.39 bits per heavy atom. The molecule has 1 aliphatic carbocycles. The zero-order valence-corrected chi connectivity index (χ0v) is 19.8. The first-order valence-electron chi connectivity index (χ1n) is 11.0. The maximum atomic E-state index is 5.27. The quantitative estimate of drug-likeness (QED) is 0.209. The van der Waals surface area contributed by atoms with E-state index in [1.165, 1.54) is 42.4 Å². The van der Waals surface area contributed by atoms with E-state index >= 15 is 0 Å². The molecule has 2 nitrogen and oxygen atoms in total. The Bertz CT molecular complexity index is 886. The van der Waals surface area contributed by atoms with E-state index in [2.05, 4.69) is 57.0 Å². The van der Waals surface area contributed by atoms with Crippen LogP contribution in [-0.4, -0.2) is 5.71 Å². The highest BCUT2D eigenvalue weighted by Crippen LogP contribution is 2.35. The van der Waals surface area contributed by atoms with E-state index in [-0.39, 0.29) is 0 Å². The molecule has 0 spiro atoms. The lowest BCUT2D eigenvalue weighted by atomic mass is 9.91. The number of rotatable bonds is 11. The van der Waals surface area contributed by atoms with Crippen LogP contribution >= 0.6 is 0 Å². The van der Waals surface area contributed by atoms with Gasteiger partial charge in [-0.2, -0.15) is 0 Å². The number of allylic oxidation sites excluding steroid dienone is 11. The van der Waals surface area contributed by atoms with E-state index in [1.807, 2.05) is 38.2 Å². The van der Waals surface area contributed by atoms with Crippen LogP contribution in [0.15, 0.2) is 101 Å². The van der Waals surface area contributed by atoms with Crippen molar-refractivity contribution >= 4 is 5.71 Å². The lowest BCUT2D eigenvalue weighted by molar-refractivity contribution is 0.649. The first kappa shape index (κ1) is 26.0. The molecule has 0 aromatic rings. The van der Waals surface area contributed by atoms with E-state index in [0.29, 0.717) is 12.3 Å². The van der Waals surface area contributed by atoms with E-state index < -0.39 is 0 Å². The molecular formula is C29H38N2. The molecule has 0 heterocycles. The van der Waals surface area contributed by atoms with Gasteiger partial charge in [-0.3, -0.25) is 4.99 Å². The zero-order valence-electron chi connectivity index (χ0n) is 19.8. The zero-order chi connectivity index (χ0) is 23.2. The summed E-state index contributed by atoms with van der Waals surface area (Å²) in [5.41, 5.74) is 6.91. The molecule has 0 radical (unpaired) electrons. The van der Waals surface area contributed by atoms with Gasteiger partial charge in [0.2, 0.25) is 0 Å². The van der Waals surface area contributed by atoms with Gasteiger partial charge in [0.25, 0.3) is 0 Å². The third-order valence-electron chi connectivity index (χ3n) is 5.57. The number of nitrogens with one attached hydrogen (secondary N) is 1. The smallest absolute Gasteiger partial charge is 0.0604 e. The maximum Gasteiger partial charge on any atom is 0.0604 e. The van der Waals surface area contributed by atoms with Gasteiger partial charge < -0.3 is 5.32 Å². The minimum Gasteiger partial charge on any atom is -0.355 e. The summed E-state index contributed by atoms with van der Waals surface area (Å²) in [4.78, 5) is 4.93. The molecule has 0 bridgehead atoms. The number of hydrogen-bond acceptors (Lipinski definition) is 2. The highest BCUT2D eigenvalue weighted by molar-refractivity contribution is 5.98. The number of terminal acetylenes is 1. The molecule has 0 saturated heterocycles. The Balaban J connectivity index is 3.06. The van der Waals surface area contributed by atoms with Gasteiger partial charge in [0.05, 0.1) is 11.4 Å². The van der Waals surface area contributed by atoms with E-state index in [9.17, 15) is 0 Å². The van der Waals surface area contributed by atoms with Crippen molar-refractivity contribution in [1.29, 1.82) is 0 Å². The second-order valence-corrected chi connectivity index (χ2v) is 7.93. The predicted molar refractivity (Wildman–Crippen MR) is 139 cm³/mol. The van der Waals surface area contributed by atoms with Gasteiger partial charge in [-0.1, -0.05) is 74.5 Å². The Hall–Kier alpha value is -3.05. The summed E-state index contributed by atoms with van der Waals surface area (Å²) in [6, 6.07) is 0. The first-order chi connectivity index (χ1) is 14.8. The monoisotopic (exact) mass is 414 g/mol. The van der Waals surface area contributed by atoms with E-state index in [0.717, 1.165) is 22.8 Å². The highest BCUT2D eigenvalue weighted by Gasteiger charge is 2.20. The van der Waals surface area contributed by atoms with Crippen LogP contribution < -0.4 is 5.32 Å². The van der Waals surface area contributed by atoms with Crippen LogP contribution in [0.1, 0.15) is 59.8 Å². The summed E-state index contributed by atoms with van der Waals surface area (Å²) in [7, 11) is 0. The highest BCUT2D eigenvalue weighted by atomic mass is 14.9. The van der Waals surface area contributed by atoms with E-state index in [1.54, 1.807) is 6.08 Å². The van der Waals surface area contributed by atoms with Crippen molar-refractivity contribution in [3.8, 4) is 12.3 Å². The molecule has 0 aliphatic heterocycles. The summed E-state index contributed by atoms with van der Waals surface area (Å²) in [5, 5.41) is 3.24. The summed E-state index contributed by atoms with van der Waals surface area (Å²) in [6.07, 6.45) is 24.6. The van der Waals surface area contributed by atoms with Crippen molar-refractivity contribution in [3.05, 3.63) is 96.1 Å². The van der Waals surface area contributed by atoms with Gasteiger partial charge in [-0.05, 0) is 69.8 Å². The Labute approximate surface area is 190 Å². The molecule has 31 heavy (non-hydrogen) atoms. The minimum absolute atomic E-state index is 0.567. The van der Waals surface area contributed by atoms with Crippen molar-refractivity contribution in [1.82, 2.24) is 5.32 Å². The van der Waals surface area contributed by atoms with Crippen LogP contribution in [0, 0.1) is 18.3 Å². The van der Waals surface area contributed by atoms with Gasteiger partial charge in [0, 0.05) is 17.8 Å². The van der Waals surface area contributed by atoms with Gasteiger partial charge in [-0.15, -0.1) is 6.42 Å². The molecule has 0 aromatic heterocycles. The Kier molecular flexibility index (Phi) is 11.8. The molecule has 0 amide bonds. The first-order valence-corrected chi connectivity index (χ1v) is 11.0. The van der Waals surface area contributed by atoms with Crippen molar-refractivity contribution in [2.75, 3.05) is 0 Å². The number of aliphatic imine (C=N–C) groups is 1. The summed E-state index contributed by atoms with van der Waals surface area (Å²) < 4.78 is 0. The molecule has 2 heteroatoms. The standard InChI is InChI=1S/C29H38N2/c1-9-11-12-13-14-19-29(25(6)24(5)28-17-15-16-18-28)31-27(8)26(7)30-23(4)21-20-22(3)10-2/h1,10-14,20-21,28,30H,4-5,7,15-19H2,2-3,6,8H3/b12-11-,14-13-,21-20-,22-10-,29-25-,31-27?. The largest absolute Gasteiger partial charge is 0.355 e. The Morgan fingerprint density at radius 2 is 1.77 bits per heavy atom. The maximum absolute atomic E-state index is 5.27. The minimum atomic E-state index is 0.567. The van der Waals surface area contributed by atoms with Crippen LogP contribution in [0.3, 0.4) is 0 Å². The second kappa shape index (κ2) is 14.0. The fraction of sp³-hybridized carbons (Fsp3) is 0.345. The molecule has 1 N–H and O–H groups in total. The molecule has 164 valence electrons. The van der Waals surface area contributed by atoms with Gasteiger partial charge in [0.15, 0.2) is 0 Å². The third-order valence-corrected chi connectivity index (χ3v) is 5.57. The average Bonchev–Trinajstić information content (AvgIpc) is 3.30. The summed E-state index contributed by atoms with van der Waals surface area (Å²) >= 11 is 0. The van der Waals surface area contributed by atoms with Gasteiger partial charge >= 0.3 is 0 Å². The van der Waals surface area contributed by atoms with Crippen molar-refractivity contribution in [2.24, 2.45) is 10.9 Å². The third kappa shape index (κ3) is 9.53. The molecule has 1 rings (SSSR count). The van der Waals surface area contributed by atoms with Crippen LogP contribution in [0.2, 0.25) is 0 Å². The topological polar surface area (TPSA) is 24.4 Å². The lowest BCUT2D eigenvalue weighted by Crippen LogP contribution is -2.16. The van der Waals surface area contributed by atoms with Gasteiger partial charge in [0.1, 0.15) is 0 Å². The Morgan fingerprint density at radius 1 is 1.10 bits per heavy atom. The van der Waals surface area contributed by atoms with Crippen LogP contribution in [0.4, 0.5) is 0 Å².